The number of nitrogens with zero attached hydrogens (tertiary/aromatic N) is 5. The lowest BCUT2D eigenvalue weighted by Crippen LogP contribution is -2.55. The molecule has 0 spiro atoms. The van der Waals surface area contributed by atoms with E-state index in [1.807, 2.05) is 44.4 Å². The SMILES string of the molecule is CN(C)CC1(COc2nc(N3CC4CCC(C3)N4C(=O)O)c3ccc(-c4cc(O)cc5ccccc45)c(F)c3n2)CC1. The molecule has 2 unspecified atom stereocenters. The zero-order valence-corrected chi connectivity index (χ0v) is 23.8. The van der Waals surface area contributed by atoms with E-state index in [2.05, 4.69) is 14.8 Å². The fraction of sp³-hybridized carbons (Fsp3) is 0.406. The van der Waals surface area contributed by atoms with Gasteiger partial charge in [0.25, 0.3) is 0 Å². The Morgan fingerprint density at radius 2 is 1.79 bits per heavy atom. The van der Waals surface area contributed by atoms with Crippen LogP contribution in [0, 0.1) is 11.2 Å². The van der Waals surface area contributed by atoms with Crippen molar-refractivity contribution in [1.82, 2.24) is 19.8 Å². The quantitative estimate of drug-likeness (QED) is 0.306. The van der Waals surface area contributed by atoms with Crippen molar-refractivity contribution in [2.75, 3.05) is 45.2 Å². The van der Waals surface area contributed by atoms with Crippen LogP contribution in [0.3, 0.4) is 0 Å². The summed E-state index contributed by atoms with van der Waals surface area (Å²) in [7, 11) is 4.08. The van der Waals surface area contributed by atoms with E-state index in [1.54, 1.807) is 23.1 Å². The number of benzene rings is 3. The Morgan fingerprint density at radius 1 is 1.05 bits per heavy atom. The van der Waals surface area contributed by atoms with E-state index in [0.717, 1.165) is 43.0 Å². The minimum atomic E-state index is -0.900. The van der Waals surface area contributed by atoms with Crippen LogP contribution in [0.4, 0.5) is 15.0 Å². The molecule has 1 aromatic heterocycles. The Kier molecular flexibility index (Phi) is 6.34. The number of anilines is 1. The molecule has 3 fully saturated rings. The van der Waals surface area contributed by atoms with Gasteiger partial charge in [0.05, 0.1) is 18.7 Å². The van der Waals surface area contributed by atoms with Crippen molar-refractivity contribution in [3.8, 4) is 22.9 Å². The topological polar surface area (TPSA) is 102 Å². The smallest absolute Gasteiger partial charge is 0.407 e. The Bertz CT molecular complexity index is 1690. The maximum absolute atomic E-state index is 16.6. The normalized spacial score (nSPS) is 21.0. The average Bonchev–Trinajstić information content (AvgIpc) is 3.66. The van der Waals surface area contributed by atoms with Gasteiger partial charge in [-0.2, -0.15) is 9.97 Å². The van der Waals surface area contributed by atoms with E-state index in [4.69, 9.17) is 9.72 Å². The van der Waals surface area contributed by atoms with Gasteiger partial charge in [-0.1, -0.05) is 30.3 Å². The number of hydrogen-bond donors (Lipinski definition) is 2. The van der Waals surface area contributed by atoms with Crippen LogP contribution in [0.2, 0.25) is 0 Å². The van der Waals surface area contributed by atoms with Gasteiger partial charge in [-0.3, -0.25) is 4.90 Å². The predicted octanol–water partition coefficient (Wildman–Crippen LogP) is 5.35. The lowest BCUT2D eigenvalue weighted by Gasteiger charge is -2.40. The second-order valence-electron chi connectivity index (χ2n) is 12.4. The van der Waals surface area contributed by atoms with Crippen LogP contribution in [0.15, 0.2) is 48.5 Å². The monoisotopic (exact) mass is 571 g/mol. The minimum Gasteiger partial charge on any atom is -0.508 e. The van der Waals surface area contributed by atoms with Gasteiger partial charge < -0.3 is 24.7 Å². The summed E-state index contributed by atoms with van der Waals surface area (Å²) >= 11 is 0. The zero-order valence-electron chi connectivity index (χ0n) is 23.8. The van der Waals surface area contributed by atoms with Crippen LogP contribution >= 0.6 is 0 Å². The molecule has 3 aromatic carbocycles. The number of amides is 1. The van der Waals surface area contributed by atoms with E-state index in [-0.39, 0.29) is 34.8 Å². The van der Waals surface area contributed by atoms with E-state index in [0.29, 0.717) is 42.0 Å². The molecular formula is C32H34FN5O4. The van der Waals surface area contributed by atoms with Crippen LogP contribution in [-0.2, 0) is 0 Å². The van der Waals surface area contributed by atoms with Crippen LogP contribution < -0.4 is 9.64 Å². The van der Waals surface area contributed by atoms with Gasteiger partial charge in [0.1, 0.15) is 17.1 Å². The van der Waals surface area contributed by atoms with Crippen molar-refractivity contribution in [2.45, 2.75) is 37.8 Å². The third kappa shape index (κ3) is 4.63. The molecule has 2 atom stereocenters. The first-order valence-electron chi connectivity index (χ1n) is 14.5. The molecule has 3 heterocycles. The zero-order chi connectivity index (χ0) is 29.2. The van der Waals surface area contributed by atoms with Crippen molar-refractivity contribution in [1.29, 1.82) is 0 Å². The van der Waals surface area contributed by atoms with Crippen molar-refractivity contribution in [2.24, 2.45) is 5.41 Å². The van der Waals surface area contributed by atoms with Gasteiger partial charge >= 0.3 is 12.1 Å². The molecule has 7 rings (SSSR count). The number of aromatic nitrogens is 2. The number of carbonyl (C=O) groups is 1. The van der Waals surface area contributed by atoms with Crippen LogP contribution in [-0.4, -0.2) is 88.5 Å². The van der Waals surface area contributed by atoms with Gasteiger partial charge in [-0.25, -0.2) is 9.18 Å². The molecule has 42 heavy (non-hydrogen) atoms. The number of phenols is 1. The molecule has 2 saturated heterocycles. The predicted molar refractivity (Wildman–Crippen MR) is 159 cm³/mol. The first kappa shape index (κ1) is 26.7. The standard InChI is InChI=1S/C32H34FN5O4/c1-36(2)17-32(11-12-32)18-42-30-34-28-25(29(35-30)37-15-20-7-8-21(16-37)38(20)31(40)41)10-9-24(27(28)33)26-14-22(39)13-19-5-3-4-6-23(19)26/h3-6,9-10,13-14,20-21,39H,7-8,11-12,15-18H2,1-2H3,(H,40,41). The van der Waals surface area contributed by atoms with Gasteiger partial charge in [-0.05, 0) is 74.3 Å². The number of aromatic hydroxyl groups is 1. The van der Waals surface area contributed by atoms with Gasteiger partial charge in [0.15, 0.2) is 5.82 Å². The highest BCUT2D eigenvalue weighted by Gasteiger charge is 2.45. The molecule has 4 aromatic rings. The van der Waals surface area contributed by atoms with Gasteiger partial charge in [0.2, 0.25) is 0 Å². The summed E-state index contributed by atoms with van der Waals surface area (Å²) in [6.45, 7) is 2.27. The van der Waals surface area contributed by atoms with E-state index in [1.165, 1.54) is 0 Å². The molecule has 1 saturated carbocycles. The Hall–Kier alpha value is -4.18. The van der Waals surface area contributed by atoms with Crippen LogP contribution in [0.25, 0.3) is 32.8 Å². The summed E-state index contributed by atoms with van der Waals surface area (Å²) in [5, 5.41) is 22.4. The van der Waals surface area contributed by atoms with Crippen molar-refractivity contribution < 1.29 is 24.1 Å². The summed E-state index contributed by atoms with van der Waals surface area (Å²) < 4.78 is 22.8. The molecule has 10 heteroatoms. The fourth-order valence-electron chi connectivity index (χ4n) is 6.96. The summed E-state index contributed by atoms with van der Waals surface area (Å²) in [6.07, 6.45) is 2.78. The summed E-state index contributed by atoms with van der Waals surface area (Å²) in [5.41, 5.74) is 1.08. The minimum absolute atomic E-state index is 0.0368. The molecule has 9 nitrogen and oxygen atoms in total. The fourth-order valence-corrected chi connectivity index (χ4v) is 6.96. The third-order valence-electron chi connectivity index (χ3n) is 9.02. The number of halogens is 1. The first-order valence-corrected chi connectivity index (χ1v) is 14.5. The van der Waals surface area contributed by atoms with Crippen molar-refractivity contribution >= 4 is 33.6 Å². The molecule has 2 N–H and O–H groups in total. The summed E-state index contributed by atoms with van der Waals surface area (Å²) in [4.78, 5) is 27.1. The first-order chi connectivity index (χ1) is 20.2. The van der Waals surface area contributed by atoms with E-state index < -0.39 is 11.9 Å². The number of rotatable bonds is 7. The highest BCUT2D eigenvalue weighted by Crippen LogP contribution is 2.46. The van der Waals surface area contributed by atoms with Gasteiger partial charge in [0, 0.05) is 36.0 Å². The largest absolute Gasteiger partial charge is 0.508 e. The molecule has 3 aliphatic rings. The second kappa shape index (κ2) is 9.97. The summed E-state index contributed by atoms with van der Waals surface area (Å²) in [6, 6.07) is 14.2. The number of fused-ring (bicyclic) bond motifs is 4. The number of carboxylic acid groups (broad SMARTS) is 1. The Morgan fingerprint density at radius 3 is 2.48 bits per heavy atom. The molecule has 2 bridgehead atoms. The lowest BCUT2D eigenvalue weighted by molar-refractivity contribution is 0.114. The van der Waals surface area contributed by atoms with Crippen LogP contribution in [0.1, 0.15) is 25.7 Å². The Balaban J connectivity index is 1.33. The van der Waals surface area contributed by atoms with E-state index >= 15 is 4.39 Å². The number of hydrogen-bond acceptors (Lipinski definition) is 7. The molecule has 218 valence electrons. The third-order valence-corrected chi connectivity index (χ3v) is 9.02. The van der Waals surface area contributed by atoms with Gasteiger partial charge in [-0.15, -0.1) is 0 Å². The maximum Gasteiger partial charge on any atom is 0.407 e. The average molecular weight is 572 g/mol. The van der Waals surface area contributed by atoms with E-state index in [9.17, 15) is 15.0 Å². The highest BCUT2D eigenvalue weighted by atomic mass is 19.1. The second-order valence-corrected chi connectivity index (χ2v) is 12.4. The van der Waals surface area contributed by atoms with Crippen molar-refractivity contribution in [3.05, 3.63) is 54.3 Å². The molecule has 1 aliphatic carbocycles. The molecule has 0 radical (unpaired) electrons. The van der Waals surface area contributed by atoms with Crippen molar-refractivity contribution in [3.63, 3.8) is 0 Å². The molecular weight excluding hydrogens is 537 g/mol. The number of piperazine rings is 1. The lowest BCUT2D eigenvalue weighted by atomic mass is 9.96. The summed E-state index contributed by atoms with van der Waals surface area (Å²) in [5.74, 6) is 0.0944. The molecule has 1 amide bonds. The maximum atomic E-state index is 16.6. The highest BCUT2D eigenvalue weighted by molar-refractivity contribution is 6.01. The number of ether oxygens (including phenoxy) is 1. The molecule has 2 aliphatic heterocycles. The Labute approximate surface area is 243 Å². The van der Waals surface area contributed by atoms with Crippen LogP contribution in [0.5, 0.6) is 11.8 Å². The number of phenolic OH excluding ortho intramolecular Hbond substituents is 1.